The standard InChI is InChI=1S/C40H47N5O9S/c1-39(2,3)54-38(49)42-30-14-10-6-9-13-25-22-40(25,37(48)44-55(50,51)28-16-17-28)43-35(46)33-20-27(23-45(33)36(30)47)53-34-21-31(24-11-7-5-8-12-24)41-32-19-26(52-4)15-18-29(32)34/h5,7-9,11-13,15,18-19,21,25,27-28,30,33H,6,10,14,16-17,20,22-23H2,1-4H3,(H,42,49)(H,43,46)(H,44,48)/b13-9-/t25-,27-,30+,33+,40-/m1/s1. The van der Waals surface area contributed by atoms with Crippen molar-refractivity contribution in [3.63, 3.8) is 0 Å². The number of rotatable bonds is 8. The van der Waals surface area contributed by atoms with Crippen molar-refractivity contribution in [3.8, 4) is 22.8 Å². The number of hydrogen-bond acceptors (Lipinski definition) is 10. The molecule has 4 amide bonds. The fraction of sp³-hybridized carbons (Fsp3) is 0.475. The van der Waals surface area contributed by atoms with E-state index in [0.717, 1.165) is 5.56 Å². The average Bonchev–Trinajstić information content (AvgIpc) is 4.06. The highest BCUT2D eigenvalue weighted by atomic mass is 32.2. The smallest absolute Gasteiger partial charge is 0.408 e. The van der Waals surface area contributed by atoms with Crippen molar-refractivity contribution in [2.45, 2.75) is 100 Å². The van der Waals surface area contributed by atoms with Gasteiger partial charge in [0.1, 0.15) is 40.8 Å². The minimum absolute atomic E-state index is 0.0129. The van der Waals surface area contributed by atoms with E-state index in [2.05, 4.69) is 15.4 Å². The number of sulfonamides is 1. The maximum atomic E-state index is 14.5. The number of ether oxygens (including phenoxy) is 3. The summed E-state index contributed by atoms with van der Waals surface area (Å²) in [4.78, 5) is 61.8. The molecular weight excluding hydrogens is 727 g/mol. The highest BCUT2D eigenvalue weighted by Crippen LogP contribution is 2.46. The van der Waals surface area contributed by atoms with Crippen LogP contribution in [0.4, 0.5) is 4.79 Å². The zero-order chi connectivity index (χ0) is 39.1. The number of aromatic nitrogens is 1. The van der Waals surface area contributed by atoms with Gasteiger partial charge < -0.3 is 29.7 Å². The van der Waals surface area contributed by atoms with Crippen LogP contribution >= 0.6 is 0 Å². The lowest BCUT2D eigenvalue weighted by Gasteiger charge is -2.30. The fourth-order valence-electron chi connectivity index (χ4n) is 7.29. The van der Waals surface area contributed by atoms with Gasteiger partial charge in [-0.1, -0.05) is 42.5 Å². The molecule has 15 heteroatoms. The van der Waals surface area contributed by atoms with Crippen LogP contribution in [0.25, 0.3) is 22.2 Å². The van der Waals surface area contributed by atoms with E-state index in [9.17, 15) is 27.6 Å². The molecule has 1 saturated heterocycles. The van der Waals surface area contributed by atoms with Gasteiger partial charge in [0.2, 0.25) is 21.8 Å². The monoisotopic (exact) mass is 773 g/mol. The van der Waals surface area contributed by atoms with E-state index in [-0.39, 0.29) is 25.8 Å². The predicted octanol–water partition coefficient (Wildman–Crippen LogP) is 4.38. The van der Waals surface area contributed by atoms with Crippen LogP contribution in [0.2, 0.25) is 0 Å². The first-order chi connectivity index (χ1) is 26.2. The van der Waals surface area contributed by atoms with Crippen LogP contribution in [0.15, 0.2) is 66.7 Å². The Balaban J connectivity index is 1.22. The number of nitrogens with one attached hydrogen (secondary N) is 3. The number of allylic oxidation sites excluding steroid dienone is 1. The molecule has 3 N–H and O–H groups in total. The summed E-state index contributed by atoms with van der Waals surface area (Å²) in [6, 6.07) is 14.7. The Kier molecular flexibility index (Phi) is 10.3. The van der Waals surface area contributed by atoms with E-state index in [1.165, 1.54) is 4.90 Å². The highest BCUT2D eigenvalue weighted by Gasteiger charge is 2.62. The number of alkyl carbamates (subject to hydrolysis) is 1. The fourth-order valence-corrected chi connectivity index (χ4v) is 8.65. The molecule has 2 aliphatic carbocycles. The highest BCUT2D eigenvalue weighted by molar-refractivity contribution is 7.91. The summed E-state index contributed by atoms with van der Waals surface area (Å²) < 4.78 is 45.5. The maximum Gasteiger partial charge on any atom is 0.408 e. The molecule has 2 saturated carbocycles. The third kappa shape index (κ3) is 8.41. The van der Waals surface area contributed by atoms with Crippen LogP contribution in [-0.2, 0) is 29.1 Å². The van der Waals surface area contributed by atoms with Crippen molar-refractivity contribution in [3.05, 3.63) is 66.7 Å². The molecule has 3 aromatic rings. The summed E-state index contributed by atoms with van der Waals surface area (Å²) in [5, 5.41) is 5.66. The van der Waals surface area contributed by atoms with Crippen LogP contribution in [0.3, 0.4) is 0 Å². The molecule has 14 nitrogen and oxygen atoms in total. The number of methoxy groups -OCH3 is 1. The average molecular weight is 774 g/mol. The minimum atomic E-state index is -3.89. The number of hydrogen-bond donors (Lipinski definition) is 3. The number of pyridine rings is 1. The second-order valence-corrected chi connectivity index (χ2v) is 17.7. The van der Waals surface area contributed by atoms with Gasteiger partial charge in [-0.05, 0) is 71.4 Å². The first-order valence-corrected chi connectivity index (χ1v) is 20.3. The molecular formula is C40H47N5O9S. The normalized spacial score (nSPS) is 26.2. The Morgan fingerprint density at radius 1 is 1.04 bits per heavy atom. The summed E-state index contributed by atoms with van der Waals surface area (Å²) in [7, 11) is -2.32. The van der Waals surface area contributed by atoms with E-state index in [4.69, 9.17) is 19.2 Å². The van der Waals surface area contributed by atoms with E-state index in [1.54, 1.807) is 40.0 Å². The summed E-state index contributed by atoms with van der Waals surface area (Å²) >= 11 is 0. The lowest BCUT2D eigenvalue weighted by Crippen LogP contribution is -2.58. The quantitative estimate of drug-likeness (QED) is 0.278. The Morgan fingerprint density at radius 2 is 1.80 bits per heavy atom. The first kappa shape index (κ1) is 38.1. The second kappa shape index (κ2) is 14.8. The first-order valence-electron chi connectivity index (χ1n) is 18.7. The van der Waals surface area contributed by atoms with Gasteiger partial charge in [0.05, 0.1) is 30.1 Å². The molecule has 3 fully saturated rings. The Labute approximate surface area is 320 Å². The van der Waals surface area contributed by atoms with Crippen LogP contribution in [0.5, 0.6) is 11.5 Å². The van der Waals surface area contributed by atoms with E-state index in [1.807, 2.05) is 54.6 Å². The van der Waals surface area contributed by atoms with E-state index < -0.39 is 74.3 Å². The SMILES string of the molecule is COc1ccc2c(O[C@@H]3C[C@H]4C(=O)N[C@]5(C(=O)NS(=O)(=O)C6CC6)C[C@H]5/C=C\CCC[C@H](NC(=O)OC(C)(C)C)C(=O)N4C3)cc(-c3ccccc3)nc2c1. The van der Waals surface area contributed by atoms with Gasteiger partial charge in [-0.3, -0.25) is 19.1 Å². The lowest BCUT2D eigenvalue weighted by molar-refractivity contribution is -0.141. The van der Waals surface area contributed by atoms with Crippen LogP contribution in [-0.4, -0.2) is 90.3 Å². The molecule has 1 aromatic heterocycles. The topological polar surface area (TPSA) is 182 Å². The molecule has 4 aliphatic rings. The Bertz CT molecular complexity index is 2130. The lowest BCUT2D eigenvalue weighted by atomic mass is 10.1. The van der Waals surface area contributed by atoms with Crippen molar-refractivity contribution in [1.82, 2.24) is 25.2 Å². The van der Waals surface area contributed by atoms with Gasteiger partial charge in [-0.2, -0.15) is 0 Å². The number of carbonyl (C=O) groups excluding carboxylic acids is 4. The van der Waals surface area contributed by atoms with Gasteiger partial charge in [-0.15, -0.1) is 0 Å². The predicted molar refractivity (Wildman–Crippen MR) is 203 cm³/mol. The molecule has 3 heterocycles. The third-order valence-electron chi connectivity index (χ3n) is 10.4. The van der Waals surface area contributed by atoms with Crippen molar-refractivity contribution in [1.29, 1.82) is 0 Å². The molecule has 292 valence electrons. The number of fused-ring (bicyclic) bond motifs is 3. The molecule has 55 heavy (non-hydrogen) atoms. The van der Waals surface area contributed by atoms with Crippen LogP contribution in [0, 0.1) is 5.92 Å². The van der Waals surface area contributed by atoms with Gasteiger partial charge in [-0.25, -0.2) is 18.2 Å². The molecule has 0 spiro atoms. The third-order valence-corrected chi connectivity index (χ3v) is 12.2. The summed E-state index contributed by atoms with van der Waals surface area (Å²) in [5.74, 6) is -1.28. The summed E-state index contributed by atoms with van der Waals surface area (Å²) in [5.41, 5.74) is -0.192. The largest absolute Gasteiger partial charge is 0.497 e. The molecule has 7 rings (SSSR count). The maximum absolute atomic E-state index is 14.5. The van der Waals surface area contributed by atoms with Crippen LogP contribution in [0.1, 0.15) is 65.7 Å². The molecule has 0 unspecified atom stereocenters. The number of carbonyl (C=O) groups is 4. The zero-order valence-corrected chi connectivity index (χ0v) is 32.2. The number of amides is 4. The molecule has 2 aliphatic heterocycles. The Morgan fingerprint density at radius 3 is 2.51 bits per heavy atom. The van der Waals surface area contributed by atoms with Crippen molar-refractivity contribution >= 4 is 44.7 Å². The van der Waals surface area contributed by atoms with Gasteiger partial charge in [0.25, 0.3) is 5.91 Å². The summed E-state index contributed by atoms with van der Waals surface area (Å²) in [6.07, 6.45) is 4.68. The van der Waals surface area contributed by atoms with Crippen molar-refractivity contribution in [2.24, 2.45) is 5.92 Å². The number of nitrogens with zero attached hydrogens (tertiary/aromatic N) is 2. The van der Waals surface area contributed by atoms with Crippen LogP contribution < -0.4 is 24.8 Å². The van der Waals surface area contributed by atoms with E-state index in [0.29, 0.717) is 53.8 Å². The zero-order valence-electron chi connectivity index (χ0n) is 31.4. The van der Waals surface area contributed by atoms with Gasteiger partial charge in [0.15, 0.2) is 0 Å². The van der Waals surface area contributed by atoms with Gasteiger partial charge in [0, 0.05) is 35.4 Å². The number of benzene rings is 2. The minimum Gasteiger partial charge on any atom is -0.497 e. The second-order valence-electron chi connectivity index (χ2n) is 15.7. The summed E-state index contributed by atoms with van der Waals surface area (Å²) in [6.45, 7) is 5.16. The molecule has 0 radical (unpaired) electrons. The van der Waals surface area contributed by atoms with E-state index >= 15 is 0 Å². The molecule has 2 aromatic carbocycles. The Hall–Kier alpha value is -5.18. The van der Waals surface area contributed by atoms with Crippen molar-refractivity contribution < 1.29 is 41.8 Å². The van der Waals surface area contributed by atoms with Gasteiger partial charge >= 0.3 is 6.09 Å². The molecule has 0 bridgehead atoms. The van der Waals surface area contributed by atoms with Crippen molar-refractivity contribution in [2.75, 3.05) is 13.7 Å². The molecule has 5 atom stereocenters.